The molecular weight excluding hydrogens is 366 g/mol. The quantitative estimate of drug-likeness (QED) is 0.596. The zero-order chi connectivity index (χ0) is 18.5. The number of nitrogens with zero attached hydrogens (tertiary/aromatic N) is 1. The van der Waals surface area contributed by atoms with Gasteiger partial charge in [-0.15, -0.1) is 0 Å². The number of thiocarbonyl (C=S) groups is 1. The number of hydrogen-bond donors (Lipinski definition) is 1. The second-order valence-corrected chi connectivity index (χ2v) is 7.37. The van der Waals surface area contributed by atoms with E-state index in [-0.39, 0.29) is 11.7 Å². The van der Waals surface area contributed by atoms with Crippen molar-refractivity contribution in [3.05, 3.63) is 64.6 Å². The molecule has 3 rings (SSSR count). The van der Waals surface area contributed by atoms with E-state index in [0.717, 1.165) is 12.0 Å². The number of hydrogen-bond acceptors (Lipinski definition) is 5. The minimum Gasteiger partial charge on any atom is -0.504 e. The lowest BCUT2D eigenvalue weighted by molar-refractivity contribution is -0.122. The predicted octanol–water partition coefficient (Wildman–Crippen LogP) is 4.23. The fourth-order valence-electron chi connectivity index (χ4n) is 2.65. The molecule has 0 aromatic heterocycles. The maximum Gasteiger partial charge on any atom is 0.266 e. The summed E-state index contributed by atoms with van der Waals surface area (Å²) in [6, 6.07) is 15.2. The number of para-hydroxylation sites is 1. The maximum atomic E-state index is 12.7. The molecule has 2 aromatic carbocycles. The Hall–Kier alpha value is -2.31. The van der Waals surface area contributed by atoms with Gasteiger partial charge in [0.25, 0.3) is 5.91 Å². The van der Waals surface area contributed by atoms with Crippen molar-refractivity contribution in [2.24, 2.45) is 0 Å². The highest BCUT2D eigenvalue weighted by Crippen LogP contribution is 2.36. The highest BCUT2D eigenvalue weighted by molar-refractivity contribution is 8.26. The highest BCUT2D eigenvalue weighted by atomic mass is 32.2. The molecule has 0 aliphatic carbocycles. The summed E-state index contributed by atoms with van der Waals surface area (Å²) < 4.78 is 5.93. The number of benzene rings is 2. The van der Waals surface area contributed by atoms with Gasteiger partial charge in [-0.3, -0.25) is 9.69 Å². The molecule has 134 valence electrons. The van der Waals surface area contributed by atoms with Crippen LogP contribution in [0.2, 0.25) is 0 Å². The van der Waals surface area contributed by atoms with Gasteiger partial charge in [0, 0.05) is 12.1 Å². The average molecular weight is 386 g/mol. The number of thioether (sulfide) groups is 1. The van der Waals surface area contributed by atoms with Crippen molar-refractivity contribution in [1.82, 2.24) is 4.90 Å². The van der Waals surface area contributed by atoms with Crippen molar-refractivity contribution in [1.29, 1.82) is 0 Å². The Kier molecular flexibility index (Phi) is 5.96. The van der Waals surface area contributed by atoms with Crippen LogP contribution >= 0.6 is 24.0 Å². The smallest absolute Gasteiger partial charge is 0.266 e. The van der Waals surface area contributed by atoms with Gasteiger partial charge in [-0.1, -0.05) is 66.4 Å². The summed E-state index contributed by atoms with van der Waals surface area (Å²) in [4.78, 5) is 14.8. The largest absolute Gasteiger partial charge is 0.504 e. The molecule has 1 heterocycles. The Morgan fingerprint density at radius 2 is 1.96 bits per heavy atom. The van der Waals surface area contributed by atoms with E-state index in [1.165, 1.54) is 11.8 Å². The van der Waals surface area contributed by atoms with Gasteiger partial charge in [0.15, 0.2) is 11.5 Å². The number of amides is 1. The van der Waals surface area contributed by atoms with Crippen LogP contribution in [0.25, 0.3) is 6.08 Å². The van der Waals surface area contributed by atoms with E-state index in [4.69, 9.17) is 17.0 Å². The number of phenols is 1. The molecule has 0 radical (unpaired) electrons. The van der Waals surface area contributed by atoms with E-state index in [1.54, 1.807) is 29.2 Å². The molecular formula is C20H19NO3S2. The van der Waals surface area contributed by atoms with Gasteiger partial charge in [-0.25, -0.2) is 0 Å². The molecule has 1 aliphatic heterocycles. The van der Waals surface area contributed by atoms with Gasteiger partial charge in [0.05, 0.1) is 11.5 Å². The normalized spacial score (nSPS) is 15.7. The predicted molar refractivity (Wildman–Crippen MR) is 109 cm³/mol. The average Bonchev–Trinajstić information content (AvgIpc) is 2.91. The van der Waals surface area contributed by atoms with Gasteiger partial charge >= 0.3 is 0 Å². The number of ether oxygens (including phenoxy) is 1. The van der Waals surface area contributed by atoms with Crippen molar-refractivity contribution in [2.75, 3.05) is 13.2 Å². The molecule has 2 aromatic rings. The Morgan fingerprint density at radius 1 is 1.19 bits per heavy atom. The number of rotatable bonds is 6. The van der Waals surface area contributed by atoms with Gasteiger partial charge in [0.2, 0.25) is 0 Å². The number of phenolic OH excluding ortho intramolecular Hbond substituents is 1. The highest BCUT2D eigenvalue weighted by Gasteiger charge is 2.31. The minimum absolute atomic E-state index is 0.0314. The molecule has 0 atom stereocenters. The van der Waals surface area contributed by atoms with Crippen LogP contribution in [0.5, 0.6) is 11.5 Å². The van der Waals surface area contributed by atoms with E-state index in [0.29, 0.717) is 33.7 Å². The summed E-state index contributed by atoms with van der Waals surface area (Å²) in [5.41, 5.74) is 1.70. The lowest BCUT2D eigenvalue weighted by Crippen LogP contribution is -2.30. The zero-order valence-corrected chi connectivity index (χ0v) is 16.0. The summed E-state index contributed by atoms with van der Waals surface area (Å²) in [5.74, 6) is 0.307. The van der Waals surface area contributed by atoms with E-state index >= 15 is 0 Å². The third-order valence-corrected chi connectivity index (χ3v) is 5.33. The zero-order valence-electron chi connectivity index (χ0n) is 14.3. The van der Waals surface area contributed by atoms with Crippen molar-refractivity contribution < 1.29 is 14.6 Å². The Labute approximate surface area is 162 Å². The van der Waals surface area contributed by atoms with Crippen LogP contribution in [0.1, 0.15) is 18.1 Å². The molecule has 1 amide bonds. The van der Waals surface area contributed by atoms with E-state index < -0.39 is 0 Å². The van der Waals surface area contributed by atoms with Crippen LogP contribution in [-0.4, -0.2) is 33.4 Å². The van der Waals surface area contributed by atoms with Crippen LogP contribution in [0, 0.1) is 0 Å². The lowest BCUT2D eigenvalue weighted by Gasteiger charge is -2.14. The second-order valence-electron chi connectivity index (χ2n) is 5.70. The minimum atomic E-state index is -0.128. The number of aromatic hydroxyl groups is 1. The summed E-state index contributed by atoms with van der Waals surface area (Å²) in [6.45, 7) is 2.85. The number of carbonyl (C=O) groups is 1. The van der Waals surface area contributed by atoms with Gasteiger partial charge in [0.1, 0.15) is 4.32 Å². The Balaban J connectivity index is 1.76. The van der Waals surface area contributed by atoms with Crippen molar-refractivity contribution in [2.45, 2.75) is 13.3 Å². The first-order chi connectivity index (χ1) is 12.6. The van der Waals surface area contributed by atoms with Crippen LogP contribution in [0.15, 0.2) is 53.4 Å². The molecule has 1 N–H and O–H groups in total. The fraction of sp³-hybridized carbons (Fsp3) is 0.200. The summed E-state index contributed by atoms with van der Waals surface area (Å²) in [6.07, 6.45) is 2.41. The number of carbonyl (C=O) groups excluding carboxylic acids is 1. The molecule has 0 spiro atoms. The summed E-state index contributed by atoms with van der Waals surface area (Å²) in [7, 11) is 0. The maximum absolute atomic E-state index is 12.7. The molecule has 1 saturated heterocycles. The topological polar surface area (TPSA) is 49.8 Å². The molecule has 0 bridgehead atoms. The molecule has 1 fully saturated rings. The molecule has 26 heavy (non-hydrogen) atoms. The van der Waals surface area contributed by atoms with Crippen LogP contribution in [-0.2, 0) is 11.2 Å². The standard InChI is InChI=1S/C20H19NO3S2/c1-2-24-16-10-6-9-15(18(16)22)13-17-19(23)21(20(25)26-17)12-11-14-7-4-3-5-8-14/h3-10,13,22H,2,11-12H2,1H3. The van der Waals surface area contributed by atoms with Crippen molar-refractivity contribution in [3.8, 4) is 11.5 Å². The monoisotopic (exact) mass is 385 g/mol. The molecule has 0 unspecified atom stereocenters. The van der Waals surface area contributed by atoms with E-state index in [2.05, 4.69) is 0 Å². The van der Waals surface area contributed by atoms with E-state index in [1.807, 2.05) is 37.3 Å². The van der Waals surface area contributed by atoms with Gasteiger partial charge < -0.3 is 9.84 Å². The molecule has 4 nitrogen and oxygen atoms in total. The fourth-order valence-corrected chi connectivity index (χ4v) is 3.95. The third kappa shape index (κ3) is 4.08. The van der Waals surface area contributed by atoms with Gasteiger partial charge in [-0.05, 0) is 31.1 Å². The SMILES string of the molecule is CCOc1cccc(C=C2SC(=S)N(CCc3ccccc3)C2=O)c1O. The van der Waals surface area contributed by atoms with Crippen LogP contribution in [0.4, 0.5) is 0 Å². The first kappa shape index (κ1) is 18.5. The van der Waals surface area contributed by atoms with Crippen molar-refractivity contribution >= 4 is 40.3 Å². The van der Waals surface area contributed by atoms with E-state index in [9.17, 15) is 9.90 Å². The molecule has 6 heteroatoms. The van der Waals surface area contributed by atoms with Crippen LogP contribution < -0.4 is 4.74 Å². The third-order valence-electron chi connectivity index (χ3n) is 3.96. The Bertz CT molecular complexity index is 849. The molecule has 0 saturated carbocycles. The van der Waals surface area contributed by atoms with Gasteiger partial charge in [-0.2, -0.15) is 0 Å². The first-order valence-corrected chi connectivity index (χ1v) is 9.56. The first-order valence-electron chi connectivity index (χ1n) is 8.34. The Morgan fingerprint density at radius 3 is 2.69 bits per heavy atom. The summed E-state index contributed by atoms with van der Waals surface area (Å²) >= 11 is 6.62. The summed E-state index contributed by atoms with van der Waals surface area (Å²) in [5, 5.41) is 10.3. The van der Waals surface area contributed by atoms with Crippen molar-refractivity contribution in [3.63, 3.8) is 0 Å². The lowest BCUT2D eigenvalue weighted by atomic mass is 10.1. The molecule has 1 aliphatic rings. The second kappa shape index (κ2) is 8.38. The van der Waals surface area contributed by atoms with Crippen LogP contribution in [0.3, 0.4) is 0 Å².